The second-order valence-corrected chi connectivity index (χ2v) is 5.12. The predicted octanol–water partition coefficient (Wildman–Crippen LogP) is 3.96. The third-order valence-electron chi connectivity index (χ3n) is 2.78. The number of nitrogens with zero attached hydrogens (tertiary/aromatic N) is 2. The molecule has 7 heteroatoms. The molecule has 0 radical (unpaired) electrons. The number of benzene rings is 1. The summed E-state index contributed by atoms with van der Waals surface area (Å²) in [4.78, 5) is 9.20. The van der Waals surface area contributed by atoms with Crippen LogP contribution >= 0.6 is 11.3 Å². The van der Waals surface area contributed by atoms with E-state index < -0.39 is 11.7 Å². The van der Waals surface area contributed by atoms with Crippen molar-refractivity contribution in [3.05, 3.63) is 42.1 Å². The summed E-state index contributed by atoms with van der Waals surface area (Å²) in [5.74, 6) is 0. The van der Waals surface area contributed by atoms with Crippen molar-refractivity contribution >= 4 is 27.4 Å². The molecule has 2 heterocycles. The van der Waals surface area contributed by atoms with E-state index in [0.29, 0.717) is 16.1 Å². The molecule has 20 heavy (non-hydrogen) atoms. The van der Waals surface area contributed by atoms with E-state index in [9.17, 15) is 13.2 Å². The maximum absolute atomic E-state index is 12.6. The van der Waals surface area contributed by atoms with E-state index in [1.54, 1.807) is 18.3 Å². The van der Waals surface area contributed by atoms with Gasteiger partial charge < -0.3 is 5.73 Å². The Morgan fingerprint density at radius 1 is 1.15 bits per heavy atom. The van der Waals surface area contributed by atoms with Gasteiger partial charge in [0.15, 0.2) is 0 Å². The lowest BCUT2D eigenvalue weighted by Gasteiger charge is -2.09. The summed E-state index contributed by atoms with van der Waals surface area (Å²) in [6.45, 7) is 0. The Balaban J connectivity index is 2.10. The number of fused-ring (bicyclic) bond motifs is 1. The topological polar surface area (TPSA) is 51.8 Å². The van der Waals surface area contributed by atoms with Gasteiger partial charge in [-0.2, -0.15) is 13.2 Å². The summed E-state index contributed by atoms with van der Waals surface area (Å²) in [7, 11) is 0. The summed E-state index contributed by atoms with van der Waals surface area (Å²) in [6.07, 6.45) is -2.76. The monoisotopic (exact) mass is 295 g/mol. The molecule has 2 N–H and O–H groups in total. The molecular weight excluding hydrogens is 287 g/mol. The number of hydrogen-bond donors (Lipinski definition) is 1. The molecule has 1 aromatic carbocycles. The Labute approximate surface area is 115 Å². The van der Waals surface area contributed by atoms with Crippen LogP contribution < -0.4 is 5.73 Å². The Bertz CT molecular complexity index is 747. The Hall–Kier alpha value is -2.15. The summed E-state index contributed by atoms with van der Waals surface area (Å²) < 4.78 is 37.8. The third kappa shape index (κ3) is 2.20. The number of halogens is 3. The van der Waals surface area contributed by atoms with Crippen LogP contribution in [0.25, 0.3) is 20.9 Å². The van der Waals surface area contributed by atoms with Crippen LogP contribution in [0.5, 0.6) is 0 Å². The average molecular weight is 295 g/mol. The van der Waals surface area contributed by atoms with E-state index in [1.165, 1.54) is 17.4 Å². The normalized spacial score (nSPS) is 11.9. The molecule has 102 valence electrons. The van der Waals surface area contributed by atoms with E-state index in [0.717, 1.165) is 17.0 Å². The summed E-state index contributed by atoms with van der Waals surface area (Å²) in [5, 5.41) is 0.560. The van der Waals surface area contributed by atoms with Crippen LogP contribution in [0.4, 0.5) is 18.9 Å². The minimum atomic E-state index is -4.40. The molecule has 0 aliphatic carbocycles. The molecule has 0 saturated carbocycles. The van der Waals surface area contributed by atoms with E-state index >= 15 is 0 Å². The van der Waals surface area contributed by atoms with Crippen molar-refractivity contribution in [2.24, 2.45) is 0 Å². The number of alkyl halides is 3. The number of hydrogen-bond acceptors (Lipinski definition) is 4. The molecule has 3 aromatic rings. The first-order valence-electron chi connectivity index (χ1n) is 5.64. The lowest BCUT2D eigenvalue weighted by atomic mass is 10.1. The highest BCUT2D eigenvalue weighted by atomic mass is 32.1. The minimum Gasteiger partial charge on any atom is -0.398 e. The molecule has 0 fully saturated rings. The molecule has 0 atom stereocenters. The number of pyridine rings is 1. The summed E-state index contributed by atoms with van der Waals surface area (Å²) >= 11 is 1.29. The van der Waals surface area contributed by atoms with Crippen molar-refractivity contribution in [3.63, 3.8) is 0 Å². The van der Waals surface area contributed by atoms with Crippen molar-refractivity contribution in [2.45, 2.75) is 6.18 Å². The van der Waals surface area contributed by atoms with Gasteiger partial charge in [-0.05, 0) is 30.3 Å². The fraction of sp³-hybridized carbons (Fsp3) is 0.0769. The highest BCUT2D eigenvalue weighted by molar-refractivity contribution is 7.21. The first-order chi connectivity index (χ1) is 9.45. The van der Waals surface area contributed by atoms with Crippen LogP contribution in [0.3, 0.4) is 0 Å². The fourth-order valence-corrected chi connectivity index (χ4v) is 2.77. The van der Waals surface area contributed by atoms with Crippen molar-refractivity contribution in [1.29, 1.82) is 0 Å². The first-order valence-corrected chi connectivity index (χ1v) is 6.45. The number of rotatable bonds is 1. The van der Waals surface area contributed by atoms with Crippen LogP contribution in [-0.4, -0.2) is 9.97 Å². The zero-order valence-corrected chi connectivity index (χ0v) is 10.8. The standard InChI is InChI=1S/C13H8F3N3S/c14-13(15,16)7-3-4-8(9(17)6-7)11-19-10-2-1-5-18-12(10)20-11/h1-6H,17H2. The number of thiazole rings is 1. The van der Waals surface area contributed by atoms with Crippen LogP contribution in [-0.2, 0) is 6.18 Å². The number of aromatic nitrogens is 2. The van der Waals surface area contributed by atoms with Gasteiger partial charge in [-0.3, -0.25) is 0 Å². The van der Waals surface area contributed by atoms with E-state index in [2.05, 4.69) is 9.97 Å². The van der Waals surface area contributed by atoms with Crippen LogP contribution in [0.15, 0.2) is 36.5 Å². The van der Waals surface area contributed by atoms with Crippen molar-refractivity contribution < 1.29 is 13.2 Å². The number of anilines is 1. The van der Waals surface area contributed by atoms with Crippen LogP contribution in [0, 0.1) is 0 Å². The number of nitrogen functional groups attached to an aromatic ring is 1. The number of nitrogens with two attached hydrogens (primary N) is 1. The SMILES string of the molecule is Nc1cc(C(F)(F)F)ccc1-c1nc2cccnc2s1. The molecule has 3 rings (SSSR count). The third-order valence-corrected chi connectivity index (χ3v) is 3.79. The van der Waals surface area contributed by atoms with Crippen molar-refractivity contribution in [1.82, 2.24) is 9.97 Å². The summed E-state index contributed by atoms with van der Waals surface area (Å²) in [6, 6.07) is 6.82. The van der Waals surface area contributed by atoms with Crippen molar-refractivity contribution in [2.75, 3.05) is 5.73 Å². The van der Waals surface area contributed by atoms with Gasteiger partial charge >= 0.3 is 6.18 Å². The lowest BCUT2D eigenvalue weighted by Crippen LogP contribution is -2.05. The fourth-order valence-electron chi connectivity index (χ4n) is 1.82. The molecule has 0 saturated heterocycles. The van der Waals surface area contributed by atoms with E-state index in [1.807, 2.05) is 0 Å². The molecule has 0 bridgehead atoms. The highest BCUT2D eigenvalue weighted by Gasteiger charge is 2.31. The molecular formula is C13H8F3N3S. The van der Waals surface area contributed by atoms with Gasteiger partial charge in [0.2, 0.25) is 0 Å². The van der Waals surface area contributed by atoms with Crippen LogP contribution in [0.2, 0.25) is 0 Å². The van der Waals surface area contributed by atoms with Crippen molar-refractivity contribution in [3.8, 4) is 10.6 Å². The van der Waals surface area contributed by atoms with Gasteiger partial charge in [-0.1, -0.05) is 11.3 Å². The maximum atomic E-state index is 12.6. The first kappa shape index (κ1) is 12.9. The van der Waals surface area contributed by atoms with E-state index in [-0.39, 0.29) is 5.69 Å². The highest BCUT2D eigenvalue weighted by Crippen LogP contribution is 2.36. The quantitative estimate of drug-likeness (QED) is 0.691. The smallest absolute Gasteiger partial charge is 0.398 e. The Morgan fingerprint density at radius 3 is 2.60 bits per heavy atom. The van der Waals surface area contributed by atoms with Gasteiger partial charge in [-0.15, -0.1) is 0 Å². The molecule has 0 aliphatic rings. The lowest BCUT2D eigenvalue weighted by molar-refractivity contribution is -0.137. The van der Waals surface area contributed by atoms with E-state index in [4.69, 9.17) is 5.73 Å². The van der Waals surface area contributed by atoms with Gasteiger partial charge in [0.25, 0.3) is 0 Å². The summed E-state index contributed by atoms with van der Waals surface area (Å²) in [5.41, 5.74) is 6.19. The second-order valence-electron chi connectivity index (χ2n) is 4.15. The average Bonchev–Trinajstić information content (AvgIpc) is 2.80. The predicted molar refractivity (Wildman–Crippen MR) is 72.3 cm³/mol. The molecule has 0 spiro atoms. The zero-order chi connectivity index (χ0) is 14.3. The second kappa shape index (κ2) is 4.45. The molecule has 3 nitrogen and oxygen atoms in total. The van der Waals surface area contributed by atoms with Crippen LogP contribution in [0.1, 0.15) is 5.56 Å². The zero-order valence-electron chi connectivity index (χ0n) is 9.98. The Morgan fingerprint density at radius 2 is 1.95 bits per heavy atom. The van der Waals surface area contributed by atoms with Gasteiger partial charge in [0.1, 0.15) is 15.4 Å². The molecule has 0 aliphatic heterocycles. The minimum absolute atomic E-state index is 0.0545. The van der Waals surface area contributed by atoms with Gasteiger partial charge in [-0.25, -0.2) is 9.97 Å². The molecule has 0 unspecified atom stereocenters. The Kier molecular flexibility index (Phi) is 2.86. The molecule has 2 aromatic heterocycles. The maximum Gasteiger partial charge on any atom is 0.416 e. The largest absolute Gasteiger partial charge is 0.416 e. The molecule has 0 amide bonds. The van der Waals surface area contributed by atoms with Gasteiger partial charge in [0.05, 0.1) is 5.56 Å². The van der Waals surface area contributed by atoms with Gasteiger partial charge in [0, 0.05) is 17.4 Å².